The van der Waals surface area contributed by atoms with Crippen molar-refractivity contribution in [2.24, 2.45) is 0 Å². The Kier molecular flexibility index (Phi) is 5.70. The second kappa shape index (κ2) is 8.72. The summed E-state index contributed by atoms with van der Waals surface area (Å²) in [5, 5.41) is 0. The van der Waals surface area contributed by atoms with Crippen LogP contribution in [0.4, 0.5) is 5.69 Å². The van der Waals surface area contributed by atoms with E-state index >= 15 is 0 Å². The Bertz CT molecular complexity index is 1220. The molecule has 0 aliphatic carbocycles. The van der Waals surface area contributed by atoms with Crippen LogP contribution < -0.4 is 14.4 Å². The third kappa shape index (κ3) is 3.62. The van der Waals surface area contributed by atoms with Gasteiger partial charge in [-0.2, -0.15) is 0 Å². The van der Waals surface area contributed by atoms with Gasteiger partial charge in [0.05, 0.1) is 24.5 Å². The van der Waals surface area contributed by atoms with Gasteiger partial charge in [0.15, 0.2) is 23.9 Å². The van der Waals surface area contributed by atoms with Crippen LogP contribution in [0.15, 0.2) is 42.5 Å². The molecule has 9 nitrogen and oxygen atoms in total. The zero-order chi connectivity index (χ0) is 24.7. The quantitative estimate of drug-likeness (QED) is 0.481. The number of amides is 2. The summed E-state index contributed by atoms with van der Waals surface area (Å²) >= 11 is 0. The Hall–Kier alpha value is -3.88. The first-order chi connectivity index (χ1) is 16.8. The SMILES string of the molecule is CC(C)N1C(=O)c2ccccc2N2C(=O)CCC21C(=O)OCC(=O)c1ccc2c(c1)OCCCO2. The van der Waals surface area contributed by atoms with Gasteiger partial charge in [-0.25, -0.2) is 4.79 Å². The Balaban J connectivity index is 1.43. The van der Waals surface area contributed by atoms with E-state index in [4.69, 9.17) is 14.2 Å². The zero-order valence-corrected chi connectivity index (χ0v) is 19.6. The van der Waals surface area contributed by atoms with Crippen molar-refractivity contribution in [2.45, 2.75) is 44.8 Å². The minimum atomic E-state index is -1.64. The van der Waals surface area contributed by atoms with Crippen LogP contribution in [0.25, 0.3) is 0 Å². The molecule has 0 bridgehead atoms. The first kappa shape index (κ1) is 22.9. The molecule has 0 aromatic heterocycles. The molecule has 35 heavy (non-hydrogen) atoms. The molecule has 0 N–H and O–H groups in total. The van der Waals surface area contributed by atoms with E-state index in [1.807, 2.05) is 0 Å². The summed E-state index contributed by atoms with van der Waals surface area (Å²) in [6.07, 6.45) is 0.901. The summed E-state index contributed by atoms with van der Waals surface area (Å²) in [7, 11) is 0. The van der Waals surface area contributed by atoms with Gasteiger partial charge in [0.1, 0.15) is 0 Å². The molecule has 2 amide bonds. The lowest BCUT2D eigenvalue weighted by molar-refractivity contribution is -0.157. The van der Waals surface area contributed by atoms with Crippen LogP contribution in [0.1, 0.15) is 53.8 Å². The van der Waals surface area contributed by atoms with E-state index < -0.39 is 30.1 Å². The van der Waals surface area contributed by atoms with Crippen molar-refractivity contribution in [3.63, 3.8) is 0 Å². The van der Waals surface area contributed by atoms with Crippen LogP contribution >= 0.6 is 0 Å². The molecule has 0 radical (unpaired) electrons. The highest BCUT2D eigenvalue weighted by molar-refractivity contribution is 6.15. The molecule has 1 unspecified atom stereocenters. The van der Waals surface area contributed by atoms with Gasteiger partial charge in [-0.05, 0) is 44.2 Å². The van der Waals surface area contributed by atoms with Crippen molar-refractivity contribution < 1.29 is 33.4 Å². The fourth-order valence-corrected chi connectivity index (χ4v) is 5.04. The average molecular weight is 479 g/mol. The number of carbonyl (C=O) groups excluding carboxylic acids is 4. The number of nitrogens with zero attached hydrogens (tertiary/aromatic N) is 2. The Morgan fingerprint density at radius 3 is 2.57 bits per heavy atom. The standard InChI is InChI=1S/C26H26N2O7/c1-16(2)27-24(31)18-6-3-4-7-19(18)28-23(30)10-11-26(27,28)25(32)35-15-20(29)17-8-9-21-22(14-17)34-13-5-12-33-21/h3-4,6-9,14,16H,5,10-13,15H2,1-2H3. The lowest BCUT2D eigenvalue weighted by atomic mass is 9.95. The van der Waals surface area contributed by atoms with Crippen LogP contribution in [0.2, 0.25) is 0 Å². The number of para-hydroxylation sites is 1. The predicted molar refractivity (Wildman–Crippen MR) is 125 cm³/mol. The third-order valence-corrected chi connectivity index (χ3v) is 6.55. The van der Waals surface area contributed by atoms with Crippen LogP contribution in [0.3, 0.4) is 0 Å². The molecule has 3 aliphatic rings. The normalized spacial score (nSPS) is 20.9. The number of anilines is 1. The minimum Gasteiger partial charge on any atom is -0.490 e. The number of hydrogen-bond donors (Lipinski definition) is 0. The largest absolute Gasteiger partial charge is 0.490 e. The summed E-state index contributed by atoms with van der Waals surface area (Å²) in [6.45, 7) is 4.04. The lowest BCUT2D eigenvalue weighted by Crippen LogP contribution is -2.70. The second-order valence-corrected chi connectivity index (χ2v) is 9.04. The number of carbonyl (C=O) groups is 4. The maximum absolute atomic E-state index is 13.6. The number of ether oxygens (including phenoxy) is 3. The highest BCUT2D eigenvalue weighted by Gasteiger charge is 2.62. The van der Waals surface area contributed by atoms with Gasteiger partial charge in [0.2, 0.25) is 11.6 Å². The van der Waals surface area contributed by atoms with E-state index in [1.54, 1.807) is 56.3 Å². The summed E-state index contributed by atoms with van der Waals surface area (Å²) in [6, 6.07) is 11.1. The predicted octanol–water partition coefficient (Wildman–Crippen LogP) is 2.96. The Morgan fingerprint density at radius 1 is 1.06 bits per heavy atom. The number of ketones is 1. The molecule has 0 saturated carbocycles. The highest BCUT2D eigenvalue weighted by atomic mass is 16.5. The van der Waals surface area contributed by atoms with Crippen molar-refractivity contribution in [1.82, 2.24) is 4.90 Å². The molecule has 1 saturated heterocycles. The van der Waals surface area contributed by atoms with Crippen molar-refractivity contribution in [3.05, 3.63) is 53.6 Å². The monoisotopic (exact) mass is 478 g/mol. The number of esters is 1. The van der Waals surface area contributed by atoms with Crippen LogP contribution in [0.5, 0.6) is 11.5 Å². The fraction of sp³-hybridized carbons (Fsp3) is 0.385. The van der Waals surface area contributed by atoms with Crippen molar-refractivity contribution in [3.8, 4) is 11.5 Å². The molecule has 1 fully saturated rings. The van der Waals surface area contributed by atoms with E-state index in [0.29, 0.717) is 41.5 Å². The van der Waals surface area contributed by atoms with Crippen molar-refractivity contribution in [1.29, 1.82) is 0 Å². The number of benzene rings is 2. The molecule has 9 heteroatoms. The van der Waals surface area contributed by atoms with Gasteiger partial charge >= 0.3 is 5.97 Å². The third-order valence-electron chi connectivity index (χ3n) is 6.55. The first-order valence-electron chi connectivity index (χ1n) is 11.7. The summed E-state index contributed by atoms with van der Waals surface area (Å²) in [5.41, 5.74) is -0.599. The van der Waals surface area contributed by atoms with E-state index in [0.717, 1.165) is 6.42 Å². The zero-order valence-electron chi connectivity index (χ0n) is 19.6. The first-order valence-corrected chi connectivity index (χ1v) is 11.7. The number of fused-ring (bicyclic) bond motifs is 4. The maximum atomic E-state index is 13.6. The van der Waals surface area contributed by atoms with Crippen LogP contribution in [-0.4, -0.2) is 60.0 Å². The minimum absolute atomic E-state index is 0.0794. The van der Waals surface area contributed by atoms with Gasteiger partial charge in [-0.3, -0.25) is 19.3 Å². The Labute approximate surface area is 202 Å². The topological polar surface area (TPSA) is 102 Å². The number of rotatable bonds is 5. The second-order valence-electron chi connectivity index (χ2n) is 9.04. The van der Waals surface area contributed by atoms with Gasteiger partial charge in [0, 0.05) is 30.9 Å². The summed E-state index contributed by atoms with van der Waals surface area (Å²) in [5.74, 6) is -0.842. The number of hydrogen-bond acceptors (Lipinski definition) is 7. The number of Topliss-reactive ketones (excluding diaryl/α,β-unsaturated/α-hetero) is 1. The van der Waals surface area contributed by atoms with Gasteiger partial charge in [0.25, 0.3) is 5.91 Å². The molecule has 3 heterocycles. The van der Waals surface area contributed by atoms with E-state index in [-0.39, 0.29) is 24.7 Å². The molecule has 5 rings (SSSR count). The average Bonchev–Trinajstić information content (AvgIpc) is 3.03. The molecule has 2 aromatic rings. The van der Waals surface area contributed by atoms with E-state index in [1.165, 1.54) is 9.80 Å². The Morgan fingerprint density at radius 2 is 1.80 bits per heavy atom. The van der Waals surface area contributed by atoms with E-state index in [9.17, 15) is 19.2 Å². The van der Waals surface area contributed by atoms with Gasteiger partial charge < -0.3 is 19.1 Å². The molecular weight excluding hydrogens is 452 g/mol. The molecule has 2 aromatic carbocycles. The lowest BCUT2D eigenvalue weighted by Gasteiger charge is -2.50. The molecule has 182 valence electrons. The maximum Gasteiger partial charge on any atom is 0.354 e. The summed E-state index contributed by atoms with van der Waals surface area (Å²) < 4.78 is 16.7. The molecule has 1 atom stereocenters. The molecular formula is C26H26N2O7. The van der Waals surface area contributed by atoms with Crippen molar-refractivity contribution >= 4 is 29.3 Å². The van der Waals surface area contributed by atoms with Crippen molar-refractivity contribution in [2.75, 3.05) is 24.7 Å². The molecule has 3 aliphatic heterocycles. The summed E-state index contributed by atoms with van der Waals surface area (Å²) in [4.78, 5) is 55.7. The van der Waals surface area contributed by atoms with E-state index in [2.05, 4.69) is 0 Å². The van der Waals surface area contributed by atoms with Gasteiger partial charge in [-0.15, -0.1) is 0 Å². The van der Waals surface area contributed by atoms with Gasteiger partial charge in [-0.1, -0.05) is 12.1 Å². The highest BCUT2D eigenvalue weighted by Crippen LogP contribution is 2.46. The van der Waals surface area contributed by atoms with Crippen LogP contribution in [-0.2, 0) is 14.3 Å². The molecule has 0 spiro atoms. The fourth-order valence-electron chi connectivity index (χ4n) is 5.04. The van der Waals surface area contributed by atoms with Crippen LogP contribution in [0, 0.1) is 0 Å². The smallest absolute Gasteiger partial charge is 0.354 e.